The van der Waals surface area contributed by atoms with Crippen LogP contribution in [-0.4, -0.2) is 49.9 Å². The average molecular weight is 486 g/mol. The van der Waals surface area contributed by atoms with E-state index in [0.29, 0.717) is 16.3 Å². The highest BCUT2D eigenvalue weighted by molar-refractivity contribution is 7.91. The van der Waals surface area contributed by atoms with Crippen LogP contribution in [0, 0.1) is 0 Å². The number of hydrogen-bond donors (Lipinski definition) is 2. The molecule has 0 atom stereocenters. The second-order valence-electron chi connectivity index (χ2n) is 9.19. The van der Waals surface area contributed by atoms with Crippen molar-refractivity contribution in [1.29, 1.82) is 0 Å². The van der Waals surface area contributed by atoms with Gasteiger partial charge in [0.15, 0.2) is 9.84 Å². The first kappa shape index (κ1) is 23.3. The van der Waals surface area contributed by atoms with E-state index in [1.54, 1.807) is 4.90 Å². The molecule has 1 aliphatic heterocycles. The number of amides is 3. The smallest absolute Gasteiger partial charge is 0.323 e. The second kappa shape index (κ2) is 8.79. The van der Waals surface area contributed by atoms with Crippen LogP contribution in [-0.2, 0) is 15.3 Å². The number of nitrogens with zero attached hydrogens (tertiary/aromatic N) is 1. The highest BCUT2D eigenvalue weighted by atomic mass is 32.2. The minimum atomic E-state index is -3.10. The topological polar surface area (TPSA) is 95.6 Å². The van der Waals surface area contributed by atoms with Gasteiger partial charge in [-0.05, 0) is 34.4 Å². The molecule has 3 aromatic rings. The molecular weight excluding hydrogens is 458 g/mol. The van der Waals surface area contributed by atoms with Crippen LogP contribution < -0.4 is 10.6 Å². The number of carbonyl (C=O) groups excluding carboxylic acids is 2. The Morgan fingerprint density at radius 3 is 2.27 bits per heavy atom. The largest absolute Gasteiger partial charge is 0.336 e. The SMILES string of the molecule is CC(C)(C)c1cc(NC(=O)Nc2ccc3ccccc3c2)c(C(=O)N2CCS(=O)(=O)CC2)s1. The molecule has 2 heterocycles. The first-order valence-corrected chi connectivity index (χ1v) is 13.4. The van der Waals surface area contributed by atoms with E-state index in [2.05, 4.69) is 10.6 Å². The molecule has 1 aliphatic rings. The summed E-state index contributed by atoms with van der Waals surface area (Å²) in [4.78, 5) is 28.9. The molecule has 0 saturated carbocycles. The number of urea groups is 1. The molecule has 2 N–H and O–H groups in total. The van der Waals surface area contributed by atoms with Crippen molar-refractivity contribution in [2.24, 2.45) is 0 Å². The van der Waals surface area contributed by atoms with E-state index in [0.717, 1.165) is 15.6 Å². The highest BCUT2D eigenvalue weighted by Crippen LogP contribution is 2.36. The number of rotatable bonds is 3. The van der Waals surface area contributed by atoms with E-state index in [9.17, 15) is 18.0 Å². The zero-order valence-corrected chi connectivity index (χ0v) is 20.5. The summed E-state index contributed by atoms with van der Waals surface area (Å²) in [5.41, 5.74) is 0.868. The Morgan fingerprint density at radius 1 is 0.939 bits per heavy atom. The summed E-state index contributed by atoms with van der Waals surface area (Å²) < 4.78 is 23.5. The molecule has 4 rings (SSSR count). The van der Waals surface area contributed by atoms with Crippen molar-refractivity contribution >= 4 is 55.3 Å². The van der Waals surface area contributed by atoms with E-state index in [4.69, 9.17) is 0 Å². The summed E-state index contributed by atoms with van der Waals surface area (Å²) in [6.07, 6.45) is 0. The molecular formula is C24H27N3O4S2. The van der Waals surface area contributed by atoms with Gasteiger partial charge >= 0.3 is 6.03 Å². The summed E-state index contributed by atoms with van der Waals surface area (Å²) in [6, 6.07) is 14.9. The molecule has 2 aromatic carbocycles. The van der Waals surface area contributed by atoms with Gasteiger partial charge in [0, 0.05) is 23.7 Å². The summed E-state index contributed by atoms with van der Waals surface area (Å²) in [6.45, 7) is 6.44. The van der Waals surface area contributed by atoms with Gasteiger partial charge in [-0.25, -0.2) is 13.2 Å². The van der Waals surface area contributed by atoms with Crippen molar-refractivity contribution < 1.29 is 18.0 Å². The third-order valence-corrected chi connectivity index (χ3v) is 8.71. The fourth-order valence-electron chi connectivity index (χ4n) is 3.62. The average Bonchev–Trinajstić information content (AvgIpc) is 3.17. The summed E-state index contributed by atoms with van der Waals surface area (Å²) in [7, 11) is -3.10. The predicted molar refractivity (Wildman–Crippen MR) is 134 cm³/mol. The highest BCUT2D eigenvalue weighted by Gasteiger charge is 2.30. The number of thiophene rings is 1. The molecule has 0 spiro atoms. The number of nitrogens with one attached hydrogen (secondary N) is 2. The number of benzene rings is 2. The first-order chi connectivity index (χ1) is 15.5. The third kappa shape index (κ3) is 5.36. The van der Waals surface area contributed by atoms with Crippen molar-refractivity contribution in [3.8, 4) is 0 Å². The van der Waals surface area contributed by atoms with Crippen LogP contribution in [0.3, 0.4) is 0 Å². The van der Waals surface area contributed by atoms with Crippen LogP contribution in [0.2, 0.25) is 0 Å². The zero-order chi connectivity index (χ0) is 23.8. The number of fused-ring (bicyclic) bond motifs is 1. The number of carbonyl (C=O) groups is 2. The van der Waals surface area contributed by atoms with Crippen LogP contribution >= 0.6 is 11.3 Å². The monoisotopic (exact) mass is 485 g/mol. The van der Waals surface area contributed by atoms with E-state index in [1.165, 1.54) is 11.3 Å². The van der Waals surface area contributed by atoms with Gasteiger partial charge in [-0.1, -0.05) is 51.1 Å². The fraction of sp³-hybridized carbons (Fsp3) is 0.333. The maximum Gasteiger partial charge on any atom is 0.323 e. The number of sulfone groups is 1. The van der Waals surface area contributed by atoms with E-state index >= 15 is 0 Å². The molecule has 1 saturated heterocycles. The van der Waals surface area contributed by atoms with Crippen molar-refractivity contribution in [2.75, 3.05) is 35.2 Å². The zero-order valence-electron chi connectivity index (χ0n) is 18.8. The Labute approximate surface area is 197 Å². The van der Waals surface area contributed by atoms with E-state index in [1.807, 2.05) is 69.3 Å². The molecule has 0 radical (unpaired) electrons. The Hall–Kier alpha value is -2.91. The van der Waals surface area contributed by atoms with Gasteiger partial charge in [-0.15, -0.1) is 11.3 Å². The van der Waals surface area contributed by atoms with Crippen LogP contribution in [0.1, 0.15) is 35.3 Å². The van der Waals surface area contributed by atoms with Gasteiger partial charge in [0.1, 0.15) is 4.88 Å². The first-order valence-electron chi connectivity index (χ1n) is 10.7. The third-order valence-electron chi connectivity index (χ3n) is 5.55. The lowest BCUT2D eigenvalue weighted by atomic mass is 9.94. The molecule has 0 unspecified atom stereocenters. The summed E-state index contributed by atoms with van der Waals surface area (Å²) in [5.74, 6) is -0.338. The van der Waals surface area contributed by atoms with Crippen LogP contribution in [0.25, 0.3) is 10.8 Å². The van der Waals surface area contributed by atoms with E-state index in [-0.39, 0.29) is 35.9 Å². The lowest BCUT2D eigenvalue weighted by molar-refractivity contribution is 0.0776. The van der Waals surface area contributed by atoms with E-state index < -0.39 is 15.9 Å². The molecule has 0 aliphatic carbocycles. The van der Waals surface area contributed by atoms with Gasteiger partial charge in [-0.2, -0.15) is 0 Å². The summed E-state index contributed by atoms with van der Waals surface area (Å²) in [5, 5.41) is 7.76. The maximum absolute atomic E-state index is 13.2. The predicted octanol–water partition coefficient (Wildman–Crippen LogP) is 4.71. The van der Waals surface area contributed by atoms with Gasteiger partial charge in [0.25, 0.3) is 5.91 Å². The Morgan fingerprint density at radius 2 is 1.61 bits per heavy atom. The minimum Gasteiger partial charge on any atom is -0.336 e. The Bertz CT molecular complexity index is 1310. The van der Waals surface area contributed by atoms with Gasteiger partial charge in [0.05, 0.1) is 17.2 Å². The Kier molecular flexibility index (Phi) is 6.20. The van der Waals surface area contributed by atoms with Crippen LogP contribution in [0.5, 0.6) is 0 Å². The maximum atomic E-state index is 13.2. The van der Waals surface area contributed by atoms with Crippen molar-refractivity contribution in [3.63, 3.8) is 0 Å². The summed E-state index contributed by atoms with van der Waals surface area (Å²) >= 11 is 1.34. The van der Waals surface area contributed by atoms with Crippen molar-refractivity contribution in [1.82, 2.24) is 4.90 Å². The molecule has 3 amide bonds. The quantitative estimate of drug-likeness (QED) is 0.561. The van der Waals surface area contributed by atoms with Crippen molar-refractivity contribution in [2.45, 2.75) is 26.2 Å². The van der Waals surface area contributed by atoms with Gasteiger partial charge in [-0.3, -0.25) is 4.79 Å². The molecule has 1 aromatic heterocycles. The minimum absolute atomic E-state index is 0.0402. The molecule has 0 bridgehead atoms. The normalized spacial score (nSPS) is 15.9. The fourth-order valence-corrected chi connectivity index (χ4v) is 5.96. The molecule has 174 valence electrons. The van der Waals surface area contributed by atoms with Crippen LogP contribution in [0.15, 0.2) is 48.5 Å². The lowest BCUT2D eigenvalue weighted by Gasteiger charge is -2.26. The Balaban J connectivity index is 1.56. The van der Waals surface area contributed by atoms with Crippen LogP contribution in [0.4, 0.5) is 16.2 Å². The number of hydrogen-bond acceptors (Lipinski definition) is 5. The standard InChI is InChI=1S/C24H27N3O4S2/c1-24(2,3)20-15-19(21(32-20)22(28)27-10-12-33(30,31)13-11-27)26-23(29)25-18-9-8-16-6-4-5-7-17(16)14-18/h4-9,14-15H,10-13H2,1-3H3,(H2,25,26,29). The molecule has 33 heavy (non-hydrogen) atoms. The van der Waals surface area contributed by atoms with Gasteiger partial charge in [0.2, 0.25) is 0 Å². The number of anilines is 2. The molecule has 1 fully saturated rings. The molecule has 7 nitrogen and oxygen atoms in total. The lowest BCUT2D eigenvalue weighted by Crippen LogP contribution is -2.43. The second-order valence-corrected chi connectivity index (χ2v) is 12.5. The van der Waals surface area contributed by atoms with Crippen molar-refractivity contribution in [3.05, 3.63) is 58.3 Å². The molecule has 9 heteroatoms. The van der Waals surface area contributed by atoms with Gasteiger partial charge < -0.3 is 15.5 Å².